The molecule has 0 radical (unpaired) electrons. The van der Waals surface area contributed by atoms with Crippen LogP contribution in [0, 0.1) is 29.1 Å². The van der Waals surface area contributed by atoms with E-state index in [1.54, 1.807) is 0 Å². The molecule has 78 valence electrons. The lowest BCUT2D eigenvalue weighted by molar-refractivity contribution is 0.183. The molecule has 1 nitrogen and oxygen atoms in total. The summed E-state index contributed by atoms with van der Waals surface area (Å²) >= 11 is 0. The molecule has 14 heavy (non-hydrogen) atoms. The molecule has 0 aromatic heterocycles. The summed E-state index contributed by atoms with van der Waals surface area (Å²) in [7, 11) is 0. The second-order valence-corrected chi connectivity index (χ2v) is 2.53. The van der Waals surface area contributed by atoms with E-state index in [1.807, 2.05) is 0 Å². The van der Waals surface area contributed by atoms with E-state index in [1.165, 1.54) is 0 Å². The lowest BCUT2D eigenvalue weighted by Gasteiger charge is -2.09. The fraction of sp³-hybridized carbons (Fsp3) is 0.250. The van der Waals surface area contributed by atoms with Crippen LogP contribution in [0.4, 0.5) is 22.0 Å². The first kappa shape index (κ1) is 9.39. The minimum atomic E-state index is -2.90. The first-order chi connectivity index (χ1) is 6.68. The predicted molar refractivity (Wildman–Crippen MR) is 36.9 cm³/mol. The largest absolute Gasteiger partial charge is 0.388 e. The van der Waals surface area contributed by atoms with Gasteiger partial charge in [0.2, 0.25) is 5.82 Å². The van der Waals surface area contributed by atoms with Crippen molar-refractivity contribution in [1.82, 2.24) is 0 Å². The van der Waals surface area contributed by atoms with Crippen LogP contribution >= 0.6 is 0 Å². The standard InChI is InChI=1S/C8H5F5O/c1-2(14)3-4(9)6(11)8(13)7(12)5(3)10/h2,14H,1H3/i2D. The molecule has 1 aromatic carbocycles. The molecule has 0 aliphatic rings. The second kappa shape index (κ2) is 3.53. The molecule has 0 fully saturated rings. The topological polar surface area (TPSA) is 20.2 Å². The predicted octanol–water partition coefficient (Wildman–Crippen LogP) is 2.44. The van der Waals surface area contributed by atoms with Crippen LogP contribution < -0.4 is 0 Å². The minimum absolute atomic E-state index is 0.589. The molecule has 0 bridgehead atoms. The minimum Gasteiger partial charge on any atom is -0.388 e. The number of rotatable bonds is 1. The fourth-order valence-electron chi connectivity index (χ4n) is 0.923. The van der Waals surface area contributed by atoms with Crippen molar-refractivity contribution in [3.8, 4) is 0 Å². The Kier molecular flexibility index (Phi) is 2.37. The number of hydrogen-bond acceptors (Lipinski definition) is 1. The second-order valence-electron chi connectivity index (χ2n) is 2.53. The van der Waals surface area contributed by atoms with Crippen LogP contribution in [0.2, 0.25) is 0 Å². The molecule has 1 rings (SSSR count). The Balaban J connectivity index is 3.68. The smallest absolute Gasteiger partial charge is 0.200 e. The summed E-state index contributed by atoms with van der Waals surface area (Å²) in [5, 5.41) is 8.92. The molecule has 0 spiro atoms. The van der Waals surface area contributed by atoms with Gasteiger partial charge in [0.15, 0.2) is 23.3 Å². The van der Waals surface area contributed by atoms with Crippen molar-refractivity contribution >= 4 is 0 Å². The van der Waals surface area contributed by atoms with Crippen molar-refractivity contribution in [3.63, 3.8) is 0 Å². The van der Waals surface area contributed by atoms with Gasteiger partial charge in [0.1, 0.15) is 0 Å². The third-order valence-electron chi connectivity index (χ3n) is 1.57. The Hall–Kier alpha value is -1.17. The SMILES string of the molecule is [2H]C(C)(O)c1c(F)c(F)c(F)c(F)c1F. The number of aliphatic hydroxyl groups is 1. The fourth-order valence-corrected chi connectivity index (χ4v) is 0.923. The molecule has 1 atom stereocenters. The van der Waals surface area contributed by atoms with Gasteiger partial charge in [-0.1, -0.05) is 0 Å². The number of benzene rings is 1. The molecule has 0 heterocycles. The molecule has 0 aliphatic heterocycles. The lowest BCUT2D eigenvalue weighted by Crippen LogP contribution is -2.09. The van der Waals surface area contributed by atoms with Crippen molar-refractivity contribution in [2.45, 2.75) is 13.0 Å². The van der Waals surface area contributed by atoms with Crippen molar-refractivity contribution in [1.29, 1.82) is 0 Å². The van der Waals surface area contributed by atoms with Gasteiger partial charge in [-0.15, -0.1) is 0 Å². The van der Waals surface area contributed by atoms with E-state index in [0.717, 1.165) is 0 Å². The molecule has 0 saturated heterocycles. The Morgan fingerprint density at radius 3 is 1.50 bits per heavy atom. The van der Waals surface area contributed by atoms with Gasteiger partial charge in [-0.25, -0.2) is 22.0 Å². The Bertz CT molecular complexity index is 383. The molecule has 0 amide bonds. The third-order valence-corrected chi connectivity index (χ3v) is 1.57. The Morgan fingerprint density at radius 2 is 1.21 bits per heavy atom. The molecule has 6 heteroatoms. The van der Waals surface area contributed by atoms with Gasteiger partial charge in [-0.3, -0.25) is 0 Å². The Morgan fingerprint density at radius 1 is 0.929 bits per heavy atom. The van der Waals surface area contributed by atoms with E-state index in [2.05, 4.69) is 0 Å². The number of hydrogen-bond donors (Lipinski definition) is 1. The summed E-state index contributed by atoms with van der Waals surface area (Å²) in [6.45, 7) is 0.589. The zero-order valence-electron chi connectivity index (χ0n) is 7.84. The van der Waals surface area contributed by atoms with Crippen molar-refractivity contribution in [2.24, 2.45) is 0 Å². The third kappa shape index (κ3) is 1.45. The van der Waals surface area contributed by atoms with Crippen LogP contribution in [0.15, 0.2) is 0 Å². The summed E-state index contributed by atoms with van der Waals surface area (Å²) < 4.78 is 70.3. The monoisotopic (exact) mass is 213 g/mol. The highest BCUT2D eigenvalue weighted by atomic mass is 19.2. The van der Waals surface area contributed by atoms with Gasteiger partial charge in [0, 0.05) is 0 Å². The maximum atomic E-state index is 12.9. The maximum Gasteiger partial charge on any atom is 0.200 e. The van der Waals surface area contributed by atoms with Crippen LogP contribution in [-0.2, 0) is 0 Å². The summed E-state index contributed by atoms with van der Waals surface area (Å²) in [5.41, 5.74) is -1.57. The molecule has 0 aliphatic carbocycles. The Labute approximate surface area is 77.2 Å². The maximum absolute atomic E-state index is 12.9. The molecule has 1 aromatic rings. The highest BCUT2D eigenvalue weighted by Gasteiger charge is 2.27. The highest BCUT2D eigenvalue weighted by Crippen LogP contribution is 2.27. The zero-order chi connectivity index (χ0) is 12.0. The van der Waals surface area contributed by atoms with E-state index in [0.29, 0.717) is 6.92 Å². The van der Waals surface area contributed by atoms with Crippen molar-refractivity contribution in [3.05, 3.63) is 34.6 Å². The van der Waals surface area contributed by atoms with Gasteiger partial charge in [-0.05, 0) is 6.92 Å². The van der Waals surface area contributed by atoms with Crippen LogP contribution in [0.3, 0.4) is 0 Å². The van der Waals surface area contributed by atoms with Crippen LogP contribution in [0.25, 0.3) is 0 Å². The van der Waals surface area contributed by atoms with Gasteiger partial charge in [0.05, 0.1) is 13.0 Å². The molecular formula is C8H5F5O. The van der Waals surface area contributed by atoms with E-state index >= 15 is 0 Å². The van der Waals surface area contributed by atoms with Crippen LogP contribution in [0.1, 0.15) is 19.9 Å². The lowest BCUT2D eigenvalue weighted by atomic mass is 10.1. The van der Waals surface area contributed by atoms with Gasteiger partial charge < -0.3 is 5.11 Å². The van der Waals surface area contributed by atoms with E-state index in [-0.39, 0.29) is 0 Å². The normalized spacial score (nSPS) is 16.4. The summed E-state index contributed by atoms with van der Waals surface area (Å²) in [6, 6.07) is 0. The zero-order valence-corrected chi connectivity index (χ0v) is 6.84. The van der Waals surface area contributed by atoms with Crippen molar-refractivity contribution < 1.29 is 28.4 Å². The van der Waals surface area contributed by atoms with E-state index < -0.39 is 40.7 Å². The van der Waals surface area contributed by atoms with E-state index in [4.69, 9.17) is 6.48 Å². The highest BCUT2D eigenvalue weighted by molar-refractivity contribution is 5.25. The number of halogens is 5. The molecular weight excluding hydrogens is 207 g/mol. The first-order valence-corrected chi connectivity index (χ1v) is 3.42. The van der Waals surface area contributed by atoms with Gasteiger partial charge in [-0.2, -0.15) is 0 Å². The molecule has 1 unspecified atom stereocenters. The average molecular weight is 213 g/mol. The molecule has 0 saturated carbocycles. The quantitative estimate of drug-likeness (QED) is 0.431. The average Bonchev–Trinajstić information content (AvgIpc) is 2.09. The van der Waals surface area contributed by atoms with E-state index in [9.17, 15) is 22.0 Å². The van der Waals surface area contributed by atoms with Gasteiger partial charge in [0.25, 0.3) is 0 Å². The summed E-state index contributed by atoms with van der Waals surface area (Å²) in [5.74, 6) is -11.1. The van der Waals surface area contributed by atoms with Crippen molar-refractivity contribution in [2.75, 3.05) is 0 Å². The van der Waals surface area contributed by atoms with Crippen LogP contribution in [0.5, 0.6) is 0 Å². The van der Waals surface area contributed by atoms with Gasteiger partial charge >= 0.3 is 0 Å². The summed E-state index contributed by atoms with van der Waals surface area (Å²) in [6.07, 6.45) is -2.90. The summed E-state index contributed by atoms with van der Waals surface area (Å²) in [4.78, 5) is 0. The molecule has 1 N–H and O–H groups in total. The first-order valence-electron chi connectivity index (χ1n) is 3.92. The van der Waals surface area contributed by atoms with Crippen LogP contribution in [-0.4, -0.2) is 5.11 Å².